The molecular weight excluding hydrogens is 170 g/mol. The summed E-state index contributed by atoms with van der Waals surface area (Å²) < 4.78 is 0. The SMILES string of the molecule is C=C1N(C)C(=O)C=C(C(N)=O)N1C. The smallest absolute Gasteiger partial charge is 0.265 e. The van der Waals surface area contributed by atoms with Gasteiger partial charge in [-0.25, -0.2) is 0 Å². The summed E-state index contributed by atoms with van der Waals surface area (Å²) in [6.45, 7) is 3.64. The van der Waals surface area contributed by atoms with Crippen molar-refractivity contribution in [1.82, 2.24) is 9.80 Å². The molecule has 1 aliphatic heterocycles. The van der Waals surface area contributed by atoms with Crippen LogP contribution < -0.4 is 5.73 Å². The third-order valence-corrected chi connectivity index (χ3v) is 1.98. The number of nitrogens with zero attached hydrogens (tertiary/aromatic N) is 2. The molecule has 1 heterocycles. The molecule has 0 fully saturated rings. The molecular formula is C8H11N3O2. The molecule has 2 amide bonds. The van der Waals surface area contributed by atoms with Crippen LogP contribution in [0.2, 0.25) is 0 Å². The predicted molar refractivity (Wildman–Crippen MR) is 47.0 cm³/mol. The van der Waals surface area contributed by atoms with Gasteiger partial charge in [-0.2, -0.15) is 0 Å². The standard InChI is InChI=1S/C8H11N3O2/c1-5-10(2)6(8(9)13)4-7(12)11(5)3/h4H,1H2,2-3H3,(H2,9,13). The molecule has 0 unspecified atom stereocenters. The lowest BCUT2D eigenvalue weighted by Gasteiger charge is -2.32. The van der Waals surface area contributed by atoms with Crippen molar-refractivity contribution in [2.24, 2.45) is 5.73 Å². The minimum absolute atomic E-state index is 0.160. The first-order chi connectivity index (χ1) is 5.95. The molecule has 0 radical (unpaired) electrons. The van der Waals surface area contributed by atoms with E-state index in [1.54, 1.807) is 14.1 Å². The summed E-state index contributed by atoms with van der Waals surface area (Å²) in [6, 6.07) is 0. The van der Waals surface area contributed by atoms with E-state index in [9.17, 15) is 9.59 Å². The highest BCUT2D eigenvalue weighted by Crippen LogP contribution is 2.17. The minimum Gasteiger partial charge on any atom is -0.364 e. The Bertz CT molecular complexity index is 319. The van der Waals surface area contributed by atoms with Crippen LogP contribution in [-0.2, 0) is 9.59 Å². The fourth-order valence-corrected chi connectivity index (χ4v) is 1.04. The van der Waals surface area contributed by atoms with Crippen LogP contribution in [0, 0.1) is 0 Å². The lowest BCUT2D eigenvalue weighted by molar-refractivity contribution is -0.126. The Balaban J connectivity index is 3.12. The fraction of sp³-hybridized carbons (Fsp3) is 0.250. The van der Waals surface area contributed by atoms with Crippen LogP contribution in [0.15, 0.2) is 24.2 Å². The third-order valence-electron chi connectivity index (χ3n) is 1.98. The number of carbonyl (C=O) groups excluding carboxylic acids is 2. The Morgan fingerprint density at radius 1 is 1.46 bits per heavy atom. The van der Waals surface area contributed by atoms with Crippen molar-refractivity contribution in [2.45, 2.75) is 0 Å². The van der Waals surface area contributed by atoms with Gasteiger partial charge in [0.05, 0.1) is 0 Å². The first kappa shape index (κ1) is 9.31. The summed E-state index contributed by atoms with van der Waals surface area (Å²) >= 11 is 0. The number of hydrogen-bond donors (Lipinski definition) is 1. The molecule has 0 saturated heterocycles. The molecule has 1 aliphatic rings. The van der Waals surface area contributed by atoms with Gasteiger partial charge >= 0.3 is 0 Å². The lowest BCUT2D eigenvalue weighted by Crippen LogP contribution is -2.41. The second kappa shape index (κ2) is 2.93. The average Bonchev–Trinajstić information content (AvgIpc) is 2.07. The Hall–Kier alpha value is -1.78. The lowest BCUT2D eigenvalue weighted by atomic mass is 10.2. The van der Waals surface area contributed by atoms with Crippen LogP contribution in [0.4, 0.5) is 0 Å². The Morgan fingerprint density at radius 3 is 2.46 bits per heavy atom. The quantitative estimate of drug-likeness (QED) is 0.577. The van der Waals surface area contributed by atoms with Crippen molar-refractivity contribution in [3.05, 3.63) is 24.2 Å². The summed E-state index contributed by atoms with van der Waals surface area (Å²) in [5, 5.41) is 0. The summed E-state index contributed by atoms with van der Waals surface area (Å²) in [6.07, 6.45) is 1.19. The van der Waals surface area contributed by atoms with Crippen LogP contribution in [0.25, 0.3) is 0 Å². The number of carbonyl (C=O) groups is 2. The van der Waals surface area contributed by atoms with E-state index in [1.165, 1.54) is 15.9 Å². The zero-order valence-corrected chi connectivity index (χ0v) is 7.57. The molecule has 0 aromatic heterocycles. The van der Waals surface area contributed by atoms with Crippen molar-refractivity contribution >= 4 is 11.8 Å². The van der Waals surface area contributed by atoms with Crippen LogP contribution in [-0.4, -0.2) is 35.7 Å². The number of amides is 2. The van der Waals surface area contributed by atoms with E-state index in [-0.39, 0.29) is 11.6 Å². The third kappa shape index (κ3) is 1.40. The highest BCUT2D eigenvalue weighted by Gasteiger charge is 2.25. The predicted octanol–water partition coefficient (Wildman–Crippen LogP) is -0.769. The number of nitrogens with two attached hydrogens (primary N) is 1. The number of likely N-dealkylation sites (N-methyl/N-ethyl adjacent to an activating group) is 2. The second-order valence-corrected chi connectivity index (χ2v) is 2.77. The molecule has 0 aromatic rings. The van der Waals surface area contributed by atoms with E-state index in [4.69, 9.17) is 5.73 Å². The molecule has 0 aromatic carbocycles. The zero-order chi connectivity index (χ0) is 10.2. The highest BCUT2D eigenvalue weighted by molar-refractivity contribution is 6.01. The maximum Gasteiger partial charge on any atom is 0.265 e. The molecule has 5 nitrogen and oxygen atoms in total. The van der Waals surface area contributed by atoms with Gasteiger partial charge in [0.1, 0.15) is 11.5 Å². The molecule has 0 atom stereocenters. The number of primary amides is 1. The van der Waals surface area contributed by atoms with Gasteiger partial charge in [-0.3, -0.25) is 14.5 Å². The minimum atomic E-state index is -0.634. The number of rotatable bonds is 1. The maximum absolute atomic E-state index is 11.2. The van der Waals surface area contributed by atoms with Crippen molar-refractivity contribution in [2.75, 3.05) is 14.1 Å². The first-order valence-corrected chi connectivity index (χ1v) is 3.67. The number of hydrogen-bond acceptors (Lipinski definition) is 3. The highest BCUT2D eigenvalue weighted by atomic mass is 16.2. The van der Waals surface area contributed by atoms with Crippen molar-refractivity contribution in [1.29, 1.82) is 0 Å². The van der Waals surface area contributed by atoms with Gasteiger partial charge in [-0.15, -0.1) is 0 Å². The van der Waals surface area contributed by atoms with E-state index in [0.717, 1.165) is 0 Å². The fourth-order valence-electron chi connectivity index (χ4n) is 1.04. The zero-order valence-electron chi connectivity index (χ0n) is 7.57. The average molecular weight is 181 g/mol. The molecule has 1 rings (SSSR count). The Labute approximate surface area is 76.1 Å². The van der Waals surface area contributed by atoms with E-state index in [0.29, 0.717) is 5.82 Å². The molecule has 5 heteroatoms. The van der Waals surface area contributed by atoms with Crippen LogP contribution in [0.5, 0.6) is 0 Å². The maximum atomic E-state index is 11.2. The normalized spacial score (nSPS) is 17.5. The van der Waals surface area contributed by atoms with Crippen molar-refractivity contribution < 1.29 is 9.59 Å². The Kier molecular flexibility index (Phi) is 2.10. The van der Waals surface area contributed by atoms with E-state index in [2.05, 4.69) is 6.58 Å². The van der Waals surface area contributed by atoms with Gasteiger partial charge in [0.15, 0.2) is 0 Å². The van der Waals surface area contributed by atoms with Gasteiger partial charge in [0.25, 0.3) is 11.8 Å². The molecule has 0 spiro atoms. The van der Waals surface area contributed by atoms with E-state index >= 15 is 0 Å². The molecule has 70 valence electrons. The molecule has 0 saturated carbocycles. The van der Waals surface area contributed by atoms with Crippen LogP contribution in [0.3, 0.4) is 0 Å². The van der Waals surface area contributed by atoms with Crippen LogP contribution in [0.1, 0.15) is 0 Å². The molecule has 0 bridgehead atoms. The van der Waals surface area contributed by atoms with Crippen LogP contribution >= 0.6 is 0 Å². The molecule has 0 aliphatic carbocycles. The van der Waals surface area contributed by atoms with Crippen molar-refractivity contribution in [3.63, 3.8) is 0 Å². The second-order valence-electron chi connectivity index (χ2n) is 2.77. The molecule has 13 heavy (non-hydrogen) atoms. The summed E-state index contributed by atoms with van der Waals surface area (Å²) in [4.78, 5) is 24.9. The molecule has 2 N–H and O–H groups in total. The monoisotopic (exact) mass is 181 g/mol. The Morgan fingerprint density at radius 2 is 2.00 bits per heavy atom. The summed E-state index contributed by atoms with van der Waals surface area (Å²) in [5.41, 5.74) is 5.23. The van der Waals surface area contributed by atoms with E-state index in [1.807, 2.05) is 0 Å². The summed E-state index contributed by atoms with van der Waals surface area (Å²) in [5.74, 6) is -0.497. The summed E-state index contributed by atoms with van der Waals surface area (Å²) in [7, 11) is 3.21. The van der Waals surface area contributed by atoms with Gasteiger partial charge in [0, 0.05) is 20.2 Å². The van der Waals surface area contributed by atoms with Gasteiger partial charge in [-0.05, 0) is 0 Å². The van der Waals surface area contributed by atoms with Gasteiger partial charge < -0.3 is 10.6 Å². The van der Waals surface area contributed by atoms with Gasteiger partial charge in [-0.1, -0.05) is 6.58 Å². The van der Waals surface area contributed by atoms with Crippen molar-refractivity contribution in [3.8, 4) is 0 Å². The van der Waals surface area contributed by atoms with E-state index < -0.39 is 5.91 Å². The first-order valence-electron chi connectivity index (χ1n) is 3.67. The van der Waals surface area contributed by atoms with Gasteiger partial charge in [0.2, 0.25) is 0 Å². The largest absolute Gasteiger partial charge is 0.364 e. The topological polar surface area (TPSA) is 66.6 Å².